The van der Waals surface area contributed by atoms with Crippen molar-refractivity contribution < 1.29 is 14.6 Å². The van der Waals surface area contributed by atoms with Crippen molar-refractivity contribution in [1.29, 1.82) is 10.5 Å². The quantitative estimate of drug-likeness (QED) is 0.283. The average Bonchev–Trinajstić information content (AvgIpc) is 3.05. The van der Waals surface area contributed by atoms with Crippen molar-refractivity contribution in [3.05, 3.63) is 53.1 Å². The molecule has 3 aliphatic rings. The Morgan fingerprint density at radius 2 is 1.87 bits per heavy atom. The summed E-state index contributed by atoms with van der Waals surface area (Å²) in [6, 6.07) is 18.2. The van der Waals surface area contributed by atoms with E-state index in [-0.39, 0.29) is 18.5 Å². The Hall–Kier alpha value is -4.84. The molecule has 1 atom stereocenters. The molecule has 0 radical (unpaired) electrons. The number of ether oxygens (including phenoxy) is 1. The fraction of sp³-hybridized carbons (Fsp3) is 0.400. The van der Waals surface area contributed by atoms with Crippen LogP contribution in [0, 0.1) is 22.7 Å². The summed E-state index contributed by atoms with van der Waals surface area (Å²) in [5, 5.41) is 32.5. The Bertz CT molecular complexity index is 1980. The van der Waals surface area contributed by atoms with E-state index in [0.29, 0.717) is 61.5 Å². The van der Waals surface area contributed by atoms with Gasteiger partial charge in [0.1, 0.15) is 11.6 Å². The molecular weight excluding hydrogens is 616 g/mol. The van der Waals surface area contributed by atoms with E-state index in [2.05, 4.69) is 51.1 Å². The maximum atomic E-state index is 12.0. The standard InChI is InChI=1S/C35H35ClN8O3/c1-41(2)35(12-14-38)20-43(21-35)33-39-28-18-26(24-8-3-6-22-7-4-10-27(36)29(22)24)25-9-5-17-47-31(25)30(28)32(40-33)42-15-16-44(34(45)46)23(19-42)11-13-37/h3-4,6-8,10,18,23H,5,9,11-12,15-17,19-21H2,1-2H3,(H,45,46). The fourth-order valence-electron chi connectivity index (χ4n) is 7.32. The maximum absolute atomic E-state index is 12.0. The lowest BCUT2D eigenvalue weighted by Crippen LogP contribution is -2.69. The van der Waals surface area contributed by atoms with Gasteiger partial charge in [0, 0.05) is 48.7 Å². The summed E-state index contributed by atoms with van der Waals surface area (Å²) in [6.07, 6.45) is 1.09. The van der Waals surface area contributed by atoms with E-state index >= 15 is 0 Å². The number of fused-ring (bicyclic) bond motifs is 4. The van der Waals surface area contributed by atoms with Crippen molar-refractivity contribution in [2.24, 2.45) is 0 Å². The number of hydrogen-bond acceptors (Lipinski definition) is 9. The van der Waals surface area contributed by atoms with Crippen molar-refractivity contribution in [3.63, 3.8) is 0 Å². The van der Waals surface area contributed by atoms with Gasteiger partial charge in [-0.25, -0.2) is 9.78 Å². The minimum absolute atomic E-state index is 0.0743. The molecule has 4 aromatic rings. The van der Waals surface area contributed by atoms with E-state index < -0.39 is 12.1 Å². The van der Waals surface area contributed by atoms with Crippen LogP contribution in [0.15, 0.2) is 42.5 Å². The van der Waals surface area contributed by atoms with Crippen molar-refractivity contribution in [2.75, 3.05) is 63.2 Å². The monoisotopic (exact) mass is 650 g/mol. The van der Waals surface area contributed by atoms with Crippen LogP contribution in [0.1, 0.15) is 24.8 Å². The van der Waals surface area contributed by atoms with Gasteiger partial charge < -0.3 is 24.5 Å². The Morgan fingerprint density at radius 3 is 2.60 bits per heavy atom. The highest BCUT2D eigenvalue weighted by Crippen LogP contribution is 2.47. The second-order valence-electron chi connectivity index (χ2n) is 12.8. The average molecular weight is 651 g/mol. The highest BCUT2D eigenvalue weighted by Gasteiger charge is 2.46. The van der Waals surface area contributed by atoms with Crippen molar-refractivity contribution in [2.45, 2.75) is 37.3 Å². The van der Waals surface area contributed by atoms with Gasteiger partial charge in [0.25, 0.3) is 0 Å². The molecular formula is C35H35ClN8O3. The molecule has 0 aliphatic carbocycles. The summed E-state index contributed by atoms with van der Waals surface area (Å²) in [6.45, 7) is 2.71. The third-order valence-corrected chi connectivity index (χ3v) is 10.3. The summed E-state index contributed by atoms with van der Waals surface area (Å²) in [5.41, 5.74) is 3.49. The number of amides is 1. The van der Waals surface area contributed by atoms with E-state index in [1.165, 1.54) is 4.90 Å². The molecule has 4 heterocycles. The molecule has 1 unspecified atom stereocenters. The van der Waals surface area contributed by atoms with Crippen LogP contribution in [0.3, 0.4) is 0 Å². The van der Waals surface area contributed by atoms with E-state index in [4.69, 9.17) is 26.3 Å². The Kier molecular flexibility index (Phi) is 7.91. The van der Waals surface area contributed by atoms with E-state index in [1.54, 1.807) is 0 Å². The third kappa shape index (κ3) is 5.20. The van der Waals surface area contributed by atoms with Crippen molar-refractivity contribution in [1.82, 2.24) is 19.8 Å². The second-order valence-corrected chi connectivity index (χ2v) is 13.2. The van der Waals surface area contributed by atoms with Crippen LogP contribution >= 0.6 is 11.6 Å². The van der Waals surface area contributed by atoms with Gasteiger partial charge in [-0.15, -0.1) is 0 Å². The molecule has 2 fully saturated rings. The molecule has 0 spiro atoms. The number of hydrogen-bond donors (Lipinski definition) is 1. The van der Waals surface area contributed by atoms with Gasteiger partial charge in [-0.3, -0.25) is 4.90 Å². The molecule has 12 heteroatoms. The number of rotatable bonds is 6. The van der Waals surface area contributed by atoms with Crippen LogP contribution in [0.25, 0.3) is 32.8 Å². The maximum Gasteiger partial charge on any atom is 0.407 e. The van der Waals surface area contributed by atoms with Gasteiger partial charge in [0.15, 0.2) is 0 Å². The van der Waals surface area contributed by atoms with Gasteiger partial charge in [-0.05, 0) is 55.6 Å². The number of aromatic nitrogens is 2. The largest absolute Gasteiger partial charge is 0.492 e. The zero-order valence-electron chi connectivity index (χ0n) is 26.4. The van der Waals surface area contributed by atoms with Crippen molar-refractivity contribution >= 4 is 51.1 Å². The smallest absolute Gasteiger partial charge is 0.407 e. The molecule has 2 saturated heterocycles. The molecule has 3 aromatic carbocycles. The number of anilines is 2. The Balaban J connectivity index is 1.44. The third-order valence-electron chi connectivity index (χ3n) is 9.94. The second kappa shape index (κ2) is 12.1. The van der Waals surface area contributed by atoms with Gasteiger partial charge in [-0.2, -0.15) is 15.5 Å². The number of nitriles is 2. The van der Waals surface area contributed by atoms with E-state index in [9.17, 15) is 20.4 Å². The van der Waals surface area contributed by atoms with Gasteiger partial charge in [0.2, 0.25) is 5.95 Å². The first kappa shape index (κ1) is 30.8. The molecule has 3 aliphatic heterocycles. The first-order valence-corrected chi connectivity index (χ1v) is 16.2. The number of piperazine rings is 1. The summed E-state index contributed by atoms with van der Waals surface area (Å²) in [4.78, 5) is 30.0. The van der Waals surface area contributed by atoms with Crippen LogP contribution in [-0.4, -0.2) is 96.0 Å². The fourth-order valence-corrected chi connectivity index (χ4v) is 7.60. The van der Waals surface area contributed by atoms with Gasteiger partial charge in [-0.1, -0.05) is 41.9 Å². The lowest BCUT2D eigenvalue weighted by atomic mass is 9.85. The zero-order valence-corrected chi connectivity index (χ0v) is 27.2. The predicted octanol–water partition coefficient (Wildman–Crippen LogP) is 5.54. The topological polar surface area (TPSA) is 133 Å². The minimum atomic E-state index is -1.03. The van der Waals surface area contributed by atoms with Crippen LogP contribution in [0.2, 0.25) is 5.02 Å². The molecule has 1 N–H and O–H groups in total. The first-order chi connectivity index (χ1) is 22.7. The van der Waals surface area contributed by atoms with Gasteiger partial charge in [0.05, 0.1) is 54.1 Å². The molecule has 0 saturated carbocycles. The number of likely N-dealkylation sites (N-methyl/N-ethyl adjacent to an activating group) is 1. The van der Waals surface area contributed by atoms with Gasteiger partial charge >= 0.3 is 6.09 Å². The van der Waals surface area contributed by atoms with E-state index in [1.807, 2.05) is 32.3 Å². The van der Waals surface area contributed by atoms with Crippen LogP contribution in [0.5, 0.6) is 5.75 Å². The molecule has 1 amide bonds. The molecule has 240 valence electrons. The lowest BCUT2D eigenvalue weighted by Gasteiger charge is -2.53. The number of nitrogens with zero attached hydrogens (tertiary/aromatic N) is 8. The molecule has 1 aromatic heterocycles. The molecule has 47 heavy (non-hydrogen) atoms. The SMILES string of the molecule is CN(C)C1(CC#N)CN(c2nc(N3CCN(C(=O)O)C(CC#N)C3)c3c4c(c(-c5cccc6cccc(Cl)c56)cc3n2)CCCO4)C1. The van der Waals surface area contributed by atoms with Crippen molar-refractivity contribution in [3.8, 4) is 29.0 Å². The minimum Gasteiger partial charge on any atom is -0.492 e. The number of benzene rings is 3. The zero-order chi connectivity index (χ0) is 32.9. The highest BCUT2D eigenvalue weighted by molar-refractivity contribution is 6.36. The normalized spacial score (nSPS) is 18.8. The highest BCUT2D eigenvalue weighted by atomic mass is 35.5. The number of carboxylic acid groups (broad SMARTS) is 1. The predicted molar refractivity (Wildman–Crippen MR) is 181 cm³/mol. The Labute approximate surface area is 278 Å². The Morgan fingerprint density at radius 1 is 1.09 bits per heavy atom. The first-order valence-electron chi connectivity index (χ1n) is 15.8. The summed E-state index contributed by atoms with van der Waals surface area (Å²) >= 11 is 6.82. The lowest BCUT2D eigenvalue weighted by molar-refractivity contribution is 0.115. The molecule has 7 rings (SSSR count). The number of halogens is 1. The summed E-state index contributed by atoms with van der Waals surface area (Å²) in [5.74, 6) is 1.95. The number of carbonyl (C=O) groups is 1. The summed E-state index contributed by atoms with van der Waals surface area (Å²) in [7, 11) is 3.98. The summed E-state index contributed by atoms with van der Waals surface area (Å²) < 4.78 is 6.49. The molecule has 11 nitrogen and oxygen atoms in total. The van der Waals surface area contributed by atoms with Crippen LogP contribution < -0.4 is 14.5 Å². The van der Waals surface area contributed by atoms with Crippen LogP contribution in [0.4, 0.5) is 16.6 Å². The molecule has 0 bridgehead atoms. The van der Waals surface area contributed by atoms with Crippen LogP contribution in [-0.2, 0) is 6.42 Å². The van der Waals surface area contributed by atoms with E-state index in [0.717, 1.165) is 51.4 Å².